The normalized spacial score (nSPS) is 16.5. The molecule has 6 heteroatoms. The summed E-state index contributed by atoms with van der Waals surface area (Å²) in [6.07, 6.45) is 5.75. The average Bonchev–Trinajstić information content (AvgIpc) is 3.45. The maximum absolute atomic E-state index is 11.2. The highest BCUT2D eigenvalue weighted by Crippen LogP contribution is 2.37. The zero-order valence-corrected chi connectivity index (χ0v) is 15.9. The highest BCUT2D eigenvalue weighted by atomic mass is 16.5. The second kappa shape index (κ2) is 8.86. The molecule has 2 N–H and O–H groups in total. The number of hydrogen-bond donors (Lipinski definition) is 2. The summed E-state index contributed by atoms with van der Waals surface area (Å²) in [6, 6.07) is 7.46. The van der Waals surface area contributed by atoms with E-state index >= 15 is 0 Å². The number of ether oxygens (including phenoxy) is 1. The molecular weight excluding hydrogens is 342 g/mol. The molecule has 1 aromatic carbocycles. The van der Waals surface area contributed by atoms with Crippen LogP contribution in [0.1, 0.15) is 55.2 Å². The lowest BCUT2D eigenvalue weighted by atomic mass is 9.99. The van der Waals surface area contributed by atoms with Crippen LogP contribution < -0.4 is 10.1 Å². The molecule has 0 atom stereocenters. The van der Waals surface area contributed by atoms with E-state index in [1.165, 1.54) is 30.1 Å². The molecule has 0 bridgehead atoms. The van der Waals surface area contributed by atoms with Crippen molar-refractivity contribution in [2.75, 3.05) is 19.7 Å². The minimum Gasteiger partial charge on any atom is -0.507 e. The van der Waals surface area contributed by atoms with Crippen molar-refractivity contribution in [3.05, 3.63) is 47.3 Å². The van der Waals surface area contributed by atoms with Gasteiger partial charge in [0.15, 0.2) is 6.29 Å². The summed E-state index contributed by atoms with van der Waals surface area (Å²) < 4.78 is 8.00. The van der Waals surface area contributed by atoms with Gasteiger partial charge < -0.3 is 15.2 Å². The Morgan fingerprint density at radius 3 is 2.89 bits per heavy atom. The van der Waals surface area contributed by atoms with E-state index in [4.69, 9.17) is 4.74 Å². The van der Waals surface area contributed by atoms with Crippen LogP contribution >= 0.6 is 0 Å². The molecular formula is C21H27N3O3. The zero-order valence-electron chi connectivity index (χ0n) is 15.9. The quantitative estimate of drug-likeness (QED) is 0.761. The van der Waals surface area contributed by atoms with E-state index in [0.29, 0.717) is 24.7 Å². The van der Waals surface area contributed by atoms with Crippen LogP contribution in [-0.2, 0) is 0 Å². The number of aromatic nitrogens is 2. The van der Waals surface area contributed by atoms with Gasteiger partial charge in [0.05, 0.1) is 17.3 Å². The van der Waals surface area contributed by atoms with Crippen molar-refractivity contribution in [3.8, 4) is 11.5 Å². The molecule has 27 heavy (non-hydrogen) atoms. The summed E-state index contributed by atoms with van der Waals surface area (Å²) in [5.74, 6) is 0.356. The third-order valence-corrected chi connectivity index (χ3v) is 4.77. The second-order valence-electron chi connectivity index (χ2n) is 6.50. The van der Waals surface area contributed by atoms with E-state index in [2.05, 4.69) is 21.2 Å². The Morgan fingerprint density at radius 1 is 1.33 bits per heavy atom. The van der Waals surface area contributed by atoms with E-state index in [1.54, 1.807) is 12.1 Å². The van der Waals surface area contributed by atoms with Gasteiger partial charge in [0.1, 0.15) is 18.1 Å². The van der Waals surface area contributed by atoms with Crippen molar-refractivity contribution in [1.29, 1.82) is 0 Å². The molecule has 6 nitrogen and oxygen atoms in total. The van der Waals surface area contributed by atoms with Gasteiger partial charge in [-0.15, -0.1) is 0 Å². The lowest BCUT2D eigenvalue weighted by molar-refractivity contribution is 0.111. The summed E-state index contributed by atoms with van der Waals surface area (Å²) >= 11 is 0. The number of carbonyl (C=O) groups is 1. The van der Waals surface area contributed by atoms with Crippen LogP contribution in [0.5, 0.6) is 11.5 Å². The van der Waals surface area contributed by atoms with Crippen LogP contribution in [0.2, 0.25) is 0 Å². The van der Waals surface area contributed by atoms with Crippen LogP contribution in [-0.4, -0.2) is 40.9 Å². The van der Waals surface area contributed by atoms with Gasteiger partial charge in [-0.05, 0) is 55.2 Å². The largest absolute Gasteiger partial charge is 0.507 e. The Labute approximate surface area is 159 Å². The molecule has 1 fully saturated rings. The van der Waals surface area contributed by atoms with E-state index in [-0.39, 0.29) is 11.3 Å². The molecule has 0 amide bonds. The summed E-state index contributed by atoms with van der Waals surface area (Å²) in [4.78, 5) is 11.2. The first-order valence-corrected chi connectivity index (χ1v) is 9.63. The Bertz CT molecular complexity index is 822. The maximum Gasteiger partial charge on any atom is 0.157 e. The van der Waals surface area contributed by atoms with Crippen LogP contribution in [0.4, 0.5) is 0 Å². The Morgan fingerprint density at radius 2 is 2.15 bits per heavy atom. The molecule has 1 saturated carbocycles. The molecule has 2 aromatic rings. The second-order valence-corrected chi connectivity index (χ2v) is 6.50. The van der Waals surface area contributed by atoms with Gasteiger partial charge in [0.25, 0.3) is 0 Å². The third-order valence-electron chi connectivity index (χ3n) is 4.77. The van der Waals surface area contributed by atoms with Gasteiger partial charge in [-0.1, -0.05) is 19.9 Å². The molecule has 0 unspecified atom stereocenters. The molecule has 2 aliphatic rings. The monoisotopic (exact) mass is 369 g/mol. The minimum absolute atomic E-state index is 0.0566. The summed E-state index contributed by atoms with van der Waals surface area (Å²) in [5.41, 5.74) is 3.78. The molecule has 0 spiro atoms. The van der Waals surface area contributed by atoms with Gasteiger partial charge in [0, 0.05) is 12.7 Å². The van der Waals surface area contributed by atoms with Crippen molar-refractivity contribution in [1.82, 2.24) is 15.1 Å². The number of aldehydes is 1. The topological polar surface area (TPSA) is 76.4 Å². The summed E-state index contributed by atoms with van der Waals surface area (Å²) in [6.45, 7) is 6.09. The Hall–Kier alpha value is -2.60. The van der Waals surface area contributed by atoms with Crippen molar-refractivity contribution in [3.63, 3.8) is 0 Å². The van der Waals surface area contributed by atoms with Crippen LogP contribution in [0, 0.1) is 0 Å². The van der Waals surface area contributed by atoms with Gasteiger partial charge in [0.2, 0.25) is 0 Å². The average molecular weight is 369 g/mol. The maximum atomic E-state index is 11.2. The fourth-order valence-electron chi connectivity index (χ4n) is 3.26. The number of phenolic OH excluding ortho intramolecular Hbond substituents is 1. The molecule has 0 saturated heterocycles. The van der Waals surface area contributed by atoms with Crippen LogP contribution in [0.25, 0.3) is 5.57 Å². The molecule has 1 aromatic heterocycles. The van der Waals surface area contributed by atoms with Crippen molar-refractivity contribution in [2.24, 2.45) is 0 Å². The highest BCUT2D eigenvalue weighted by Gasteiger charge is 2.28. The molecule has 0 radical (unpaired) electrons. The van der Waals surface area contributed by atoms with E-state index < -0.39 is 0 Å². The van der Waals surface area contributed by atoms with Crippen molar-refractivity contribution in [2.45, 2.75) is 39.2 Å². The van der Waals surface area contributed by atoms with Crippen LogP contribution in [0.15, 0.2) is 36.0 Å². The first-order valence-electron chi connectivity index (χ1n) is 9.63. The lowest BCUT2D eigenvalue weighted by Crippen LogP contribution is -2.27. The van der Waals surface area contributed by atoms with Gasteiger partial charge in [-0.2, -0.15) is 5.10 Å². The SMILES string of the molecule is CC.O=Cc1c(O)cccc1OCC1=C(c2ccnn2C2CC2)CNCC1. The van der Waals surface area contributed by atoms with E-state index in [9.17, 15) is 9.90 Å². The number of aromatic hydroxyl groups is 1. The Balaban J connectivity index is 0.00000102. The van der Waals surface area contributed by atoms with Crippen molar-refractivity contribution >= 4 is 11.9 Å². The molecule has 1 aliphatic carbocycles. The molecule has 1 aliphatic heterocycles. The third kappa shape index (κ3) is 4.22. The fraction of sp³-hybridized carbons (Fsp3) is 0.429. The van der Waals surface area contributed by atoms with Gasteiger partial charge >= 0.3 is 0 Å². The number of nitrogens with one attached hydrogen (secondary N) is 1. The summed E-state index contributed by atoms with van der Waals surface area (Å²) in [5, 5.41) is 17.7. The van der Waals surface area contributed by atoms with Crippen molar-refractivity contribution < 1.29 is 14.6 Å². The number of phenols is 1. The highest BCUT2D eigenvalue weighted by molar-refractivity contribution is 5.83. The first kappa shape index (κ1) is 19.2. The van der Waals surface area contributed by atoms with E-state index in [1.807, 2.05) is 20.0 Å². The number of benzene rings is 1. The molecule has 2 heterocycles. The van der Waals surface area contributed by atoms with E-state index in [0.717, 1.165) is 25.2 Å². The standard InChI is InChI=1S/C19H21N3O3.C2H6/c23-11-16-18(24)2-1-3-19(16)25-12-13-6-8-20-10-15(13)17-7-9-21-22(17)14-4-5-14;1-2/h1-3,7,9,11,14,20,24H,4-6,8,10,12H2;1-2H3. The van der Waals surface area contributed by atoms with Gasteiger partial charge in [-0.25, -0.2) is 0 Å². The van der Waals surface area contributed by atoms with Crippen LogP contribution in [0.3, 0.4) is 0 Å². The number of nitrogens with zero attached hydrogens (tertiary/aromatic N) is 2. The predicted octanol–water partition coefficient (Wildman–Crippen LogP) is 3.59. The Kier molecular flexibility index (Phi) is 6.29. The zero-order chi connectivity index (χ0) is 19.2. The predicted molar refractivity (Wildman–Crippen MR) is 105 cm³/mol. The first-order chi connectivity index (χ1) is 13.3. The number of rotatable bonds is 6. The number of hydrogen-bond acceptors (Lipinski definition) is 5. The lowest BCUT2D eigenvalue weighted by Gasteiger charge is -2.23. The smallest absolute Gasteiger partial charge is 0.157 e. The number of carbonyl (C=O) groups excluding carboxylic acids is 1. The fourth-order valence-corrected chi connectivity index (χ4v) is 3.26. The molecule has 144 valence electrons. The van der Waals surface area contributed by atoms with Gasteiger partial charge in [-0.3, -0.25) is 9.48 Å². The minimum atomic E-state index is -0.0566. The molecule has 4 rings (SSSR count). The summed E-state index contributed by atoms with van der Waals surface area (Å²) in [7, 11) is 0.